The second-order valence-electron chi connectivity index (χ2n) is 18.5. The fraction of sp³-hybridized carbons (Fsp3) is 0.0690. The Kier molecular flexibility index (Phi) is 6.57. The molecular formula is C58H38B2N2O2. The van der Waals surface area contributed by atoms with E-state index in [0.717, 1.165) is 34.1 Å². The van der Waals surface area contributed by atoms with Gasteiger partial charge in [-0.3, -0.25) is 0 Å². The minimum Gasteiger partial charge on any atom is -0.458 e. The molecule has 6 heteroatoms. The minimum atomic E-state index is -0.0512. The van der Waals surface area contributed by atoms with Crippen molar-refractivity contribution in [1.82, 2.24) is 9.13 Å². The highest BCUT2D eigenvalue weighted by molar-refractivity contribution is 7.02. The van der Waals surface area contributed by atoms with Gasteiger partial charge in [0.1, 0.15) is 23.0 Å². The van der Waals surface area contributed by atoms with Gasteiger partial charge >= 0.3 is 0 Å². The number of hydrogen-bond acceptors (Lipinski definition) is 2. The fourth-order valence-corrected chi connectivity index (χ4v) is 12.6. The number of benzene rings is 9. The molecule has 0 spiro atoms. The first-order chi connectivity index (χ1) is 31.4. The van der Waals surface area contributed by atoms with Crippen LogP contribution in [0.25, 0.3) is 77.2 Å². The molecule has 0 amide bonds. The molecule has 0 fully saturated rings. The van der Waals surface area contributed by atoms with Gasteiger partial charge in [-0.1, -0.05) is 115 Å². The van der Waals surface area contributed by atoms with Crippen molar-refractivity contribution in [3.8, 4) is 56.6 Å². The van der Waals surface area contributed by atoms with E-state index in [9.17, 15) is 0 Å². The smallest absolute Gasteiger partial charge is 0.256 e. The highest BCUT2D eigenvalue weighted by atomic mass is 16.5. The highest BCUT2D eigenvalue weighted by Gasteiger charge is 2.45. The predicted octanol–water partition coefficient (Wildman–Crippen LogP) is 10.3. The van der Waals surface area contributed by atoms with Crippen LogP contribution in [0.4, 0.5) is 0 Å². The van der Waals surface area contributed by atoms with Gasteiger partial charge in [0, 0.05) is 50.0 Å². The first kappa shape index (κ1) is 34.8. The molecule has 0 aliphatic carbocycles. The molecule has 15 rings (SSSR count). The Hall–Kier alpha value is -7.69. The summed E-state index contributed by atoms with van der Waals surface area (Å²) in [5, 5.41) is 5.08. The molecule has 2 aromatic heterocycles. The molecule has 0 unspecified atom stereocenters. The number of rotatable bonds is 2. The molecule has 0 radical (unpaired) electrons. The normalized spacial score (nSPS) is 13.5. The zero-order chi connectivity index (χ0) is 42.3. The zero-order valence-corrected chi connectivity index (χ0v) is 35.9. The molecule has 0 N–H and O–H groups in total. The third-order valence-electron chi connectivity index (χ3n) is 15.1. The van der Waals surface area contributed by atoms with Crippen molar-refractivity contribution in [3.63, 3.8) is 0 Å². The summed E-state index contributed by atoms with van der Waals surface area (Å²) in [7, 11) is 0. The van der Waals surface area contributed by atoms with Crippen molar-refractivity contribution in [1.29, 1.82) is 0 Å². The van der Waals surface area contributed by atoms with E-state index in [2.05, 4.69) is 195 Å². The number of hydrogen-bond donors (Lipinski definition) is 0. The largest absolute Gasteiger partial charge is 0.458 e. The third-order valence-corrected chi connectivity index (χ3v) is 15.1. The second kappa shape index (κ2) is 12.1. The van der Waals surface area contributed by atoms with Gasteiger partial charge in [0.25, 0.3) is 13.4 Å². The van der Waals surface area contributed by atoms with Gasteiger partial charge in [-0.15, -0.1) is 0 Å². The van der Waals surface area contributed by atoms with Crippen LogP contribution < -0.4 is 42.3 Å². The van der Waals surface area contributed by atoms with Crippen LogP contribution in [0.2, 0.25) is 0 Å². The predicted molar refractivity (Wildman–Crippen MR) is 267 cm³/mol. The third kappa shape index (κ3) is 4.26. The van der Waals surface area contributed by atoms with Gasteiger partial charge in [0.2, 0.25) is 0 Å². The van der Waals surface area contributed by atoms with Gasteiger partial charge in [0.05, 0.1) is 11.0 Å². The van der Waals surface area contributed by atoms with Crippen molar-refractivity contribution in [2.75, 3.05) is 0 Å². The molecule has 9 aromatic carbocycles. The molecule has 0 bridgehead atoms. The summed E-state index contributed by atoms with van der Waals surface area (Å²) in [5.74, 6) is 3.49. The standard InChI is InChI=1S/C58H38B2N2O2/c1-31-13-9-14-32(2)53(31)35-25-47-55-51(27-35)63-49-30-50-44(29-43(49)59(55)41-21-11-19-39-37-17-5-7-23-45(37)61(47)57(39)41)60-42-22-12-20-40-38-18-6-8-24-46(38)62(58(40)42)48-26-36(28-52(64-50)56(48)60)54-33(3)15-10-16-34(54)4/h5-30H,1-4H3. The first-order valence-corrected chi connectivity index (χ1v) is 22.5. The molecule has 0 atom stereocenters. The van der Waals surface area contributed by atoms with E-state index >= 15 is 0 Å². The van der Waals surface area contributed by atoms with Crippen LogP contribution >= 0.6 is 0 Å². The molecule has 0 saturated heterocycles. The molecule has 64 heavy (non-hydrogen) atoms. The van der Waals surface area contributed by atoms with Crippen LogP contribution in [-0.4, -0.2) is 22.6 Å². The number of aryl methyl sites for hydroxylation is 4. The lowest BCUT2D eigenvalue weighted by atomic mass is 9.31. The van der Waals surface area contributed by atoms with Crippen LogP contribution in [-0.2, 0) is 0 Å². The number of para-hydroxylation sites is 4. The minimum absolute atomic E-state index is 0.0512. The molecule has 4 aliphatic heterocycles. The van der Waals surface area contributed by atoms with E-state index in [-0.39, 0.29) is 13.4 Å². The maximum atomic E-state index is 7.31. The van der Waals surface area contributed by atoms with Crippen molar-refractivity contribution >= 4 is 89.8 Å². The van der Waals surface area contributed by atoms with Crippen molar-refractivity contribution in [3.05, 3.63) is 180 Å². The van der Waals surface area contributed by atoms with Crippen LogP contribution in [0.3, 0.4) is 0 Å². The molecule has 4 aliphatic rings. The maximum absolute atomic E-state index is 7.31. The summed E-state index contributed by atoms with van der Waals surface area (Å²) in [5.41, 5.74) is 24.5. The lowest BCUT2D eigenvalue weighted by Gasteiger charge is -2.37. The monoisotopic (exact) mass is 816 g/mol. The summed E-state index contributed by atoms with van der Waals surface area (Å²) in [6.45, 7) is 8.77. The Balaban J connectivity index is 1.03. The lowest BCUT2D eigenvalue weighted by Crippen LogP contribution is -2.62. The summed E-state index contributed by atoms with van der Waals surface area (Å²) in [6.07, 6.45) is 0. The molecule has 298 valence electrons. The van der Waals surface area contributed by atoms with Gasteiger partial charge in [-0.05, 0) is 141 Å². The van der Waals surface area contributed by atoms with Crippen LogP contribution in [0.1, 0.15) is 22.3 Å². The van der Waals surface area contributed by atoms with Gasteiger partial charge < -0.3 is 18.6 Å². The number of nitrogens with zero attached hydrogens (tertiary/aromatic N) is 2. The Bertz CT molecular complexity index is 3690. The molecule has 0 saturated carbocycles. The van der Waals surface area contributed by atoms with Gasteiger partial charge in [0.15, 0.2) is 0 Å². The number of ether oxygens (including phenoxy) is 2. The van der Waals surface area contributed by atoms with E-state index in [1.54, 1.807) is 0 Å². The average molecular weight is 817 g/mol. The quantitative estimate of drug-likeness (QED) is 0.163. The number of fused-ring (bicyclic) bond motifs is 14. The highest BCUT2D eigenvalue weighted by Crippen LogP contribution is 2.44. The Morgan fingerprint density at radius 3 is 1.22 bits per heavy atom. The Labute approximate surface area is 371 Å². The topological polar surface area (TPSA) is 28.3 Å². The summed E-state index contributed by atoms with van der Waals surface area (Å²) >= 11 is 0. The fourth-order valence-electron chi connectivity index (χ4n) is 12.6. The molecular weight excluding hydrogens is 778 g/mol. The number of aromatic nitrogens is 2. The maximum Gasteiger partial charge on any atom is 0.256 e. The summed E-state index contributed by atoms with van der Waals surface area (Å²) in [4.78, 5) is 0. The molecule has 4 nitrogen and oxygen atoms in total. The first-order valence-electron chi connectivity index (χ1n) is 22.5. The van der Waals surface area contributed by atoms with E-state index in [4.69, 9.17) is 9.47 Å². The molecule has 6 heterocycles. The zero-order valence-electron chi connectivity index (χ0n) is 35.9. The van der Waals surface area contributed by atoms with E-state index in [1.807, 2.05) is 0 Å². The van der Waals surface area contributed by atoms with Crippen LogP contribution in [0.5, 0.6) is 23.0 Å². The average Bonchev–Trinajstić information content (AvgIpc) is 3.83. The SMILES string of the molecule is Cc1cccc(C)c1-c1cc2c3c(c1)-n1c4ccccc4c4cccc(c41)B3c1cc3c(cc1O2)Oc1cc(-c2c(C)cccc2C)cc2c1B3c1cccc3c4ccccc4n-2c13. The Morgan fingerprint density at radius 2 is 0.766 bits per heavy atom. The van der Waals surface area contributed by atoms with Crippen LogP contribution in [0, 0.1) is 27.7 Å². The van der Waals surface area contributed by atoms with E-state index in [1.165, 1.54) is 121 Å². The van der Waals surface area contributed by atoms with Crippen LogP contribution in [0.15, 0.2) is 158 Å². The summed E-state index contributed by atoms with van der Waals surface area (Å²) in [6, 6.07) is 58.8. The van der Waals surface area contributed by atoms with Gasteiger partial charge in [-0.25, -0.2) is 0 Å². The van der Waals surface area contributed by atoms with E-state index < -0.39 is 0 Å². The van der Waals surface area contributed by atoms with Crippen molar-refractivity contribution in [2.45, 2.75) is 27.7 Å². The lowest BCUT2D eigenvalue weighted by molar-refractivity contribution is 0.465. The second-order valence-corrected chi connectivity index (χ2v) is 18.5. The molecule has 11 aromatic rings. The van der Waals surface area contributed by atoms with Crippen molar-refractivity contribution < 1.29 is 9.47 Å². The Morgan fingerprint density at radius 1 is 0.359 bits per heavy atom. The van der Waals surface area contributed by atoms with Gasteiger partial charge in [-0.2, -0.15) is 0 Å². The summed E-state index contributed by atoms with van der Waals surface area (Å²) < 4.78 is 19.6. The van der Waals surface area contributed by atoms with E-state index in [0.29, 0.717) is 0 Å². The van der Waals surface area contributed by atoms with Crippen molar-refractivity contribution in [2.24, 2.45) is 0 Å².